The van der Waals surface area contributed by atoms with Gasteiger partial charge in [0.1, 0.15) is 0 Å². The van der Waals surface area contributed by atoms with E-state index in [-0.39, 0.29) is 47.8 Å². The molecule has 1 atom stereocenters. The van der Waals surface area contributed by atoms with Gasteiger partial charge in [0.25, 0.3) is 0 Å². The monoisotopic (exact) mass is 228 g/mol. The Balaban J connectivity index is -0.000000605. The van der Waals surface area contributed by atoms with Crippen molar-refractivity contribution in [3.8, 4) is 0 Å². The second-order valence-corrected chi connectivity index (χ2v) is 3.54. The van der Waals surface area contributed by atoms with Crippen LogP contribution in [0.15, 0.2) is 11.6 Å². The molecular weight excluding hydrogens is 212 g/mol. The number of allylic oxidation sites excluding steroid dienone is 2. The van der Waals surface area contributed by atoms with Crippen molar-refractivity contribution in [2.24, 2.45) is 5.92 Å². The van der Waals surface area contributed by atoms with Crippen molar-refractivity contribution in [2.45, 2.75) is 40.0 Å². The second-order valence-electron chi connectivity index (χ2n) is 3.54. The first-order valence-electron chi connectivity index (χ1n) is 4.35. The van der Waals surface area contributed by atoms with Gasteiger partial charge in [-0.05, 0) is 39.0 Å². The molecule has 1 unspecified atom stereocenters. The van der Waals surface area contributed by atoms with Crippen LogP contribution in [0.2, 0.25) is 0 Å². The van der Waals surface area contributed by atoms with Crippen molar-refractivity contribution in [3.63, 3.8) is 0 Å². The quantitative estimate of drug-likeness (QED) is 0.409. The van der Waals surface area contributed by atoms with E-state index in [4.69, 9.17) is 0 Å². The van der Waals surface area contributed by atoms with Gasteiger partial charge >= 0.3 is 23.1 Å². The zero-order valence-corrected chi connectivity index (χ0v) is 11.3. The van der Waals surface area contributed by atoms with Crippen molar-refractivity contribution in [3.05, 3.63) is 11.6 Å². The molecule has 0 aromatic carbocycles. The molecule has 0 N–H and O–H groups in total. The van der Waals surface area contributed by atoms with Crippen molar-refractivity contribution in [2.75, 3.05) is 0 Å². The Kier molecular flexibility index (Phi) is 16.0. The van der Waals surface area contributed by atoms with E-state index in [1.165, 1.54) is 5.57 Å². The summed E-state index contributed by atoms with van der Waals surface area (Å²) in [4.78, 5) is 10.2. The Morgan fingerprint density at radius 1 is 1.43 bits per heavy atom. The number of carbonyl (C=O) groups is 1. The zero-order chi connectivity index (χ0) is 9.56. The van der Waals surface area contributed by atoms with Crippen LogP contribution in [0, 0.1) is 5.92 Å². The minimum absolute atomic E-state index is 0. The smallest absolute Gasteiger partial charge is 1.00 e. The van der Waals surface area contributed by atoms with Gasteiger partial charge in [-0.15, -0.1) is 0 Å². The maximum absolute atomic E-state index is 10.2. The molecule has 0 fully saturated rings. The van der Waals surface area contributed by atoms with Crippen LogP contribution in [0.1, 0.15) is 40.0 Å². The van der Waals surface area contributed by atoms with Crippen LogP contribution < -0.4 is 17.5 Å². The molecule has 0 aliphatic rings. The molecule has 0 amide bonds. The van der Waals surface area contributed by atoms with Crippen LogP contribution in [0.4, 0.5) is 0 Å². The Morgan fingerprint density at radius 3 is 2.29 bits per heavy atom. The molecule has 14 heavy (non-hydrogen) atoms. The molecule has 2 nitrogen and oxygen atoms in total. The largest absolute Gasteiger partial charge is 2.00 e. The molecule has 0 radical (unpaired) electrons. The average Bonchev–Trinajstić information content (AvgIpc) is 1.84. The first kappa shape index (κ1) is 19.8. The molecule has 0 aromatic heterocycles. The molecule has 0 rings (SSSR count). The first-order chi connectivity index (χ1) is 5.52. The fourth-order valence-electron chi connectivity index (χ4n) is 1.04. The standard InChI is InChI=1S/C10H18O2.ClH.Mg/c1-8(2)5-4-6-9(3)7-10(11)12;;/h5,9H,4,6-7H2,1-3H3,(H,11,12);1H;/q;;+2/p-2. The van der Waals surface area contributed by atoms with Gasteiger partial charge in [0.05, 0.1) is 0 Å². The summed E-state index contributed by atoms with van der Waals surface area (Å²) in [5, 5.41) is 10.2. The van der Waals surface area contributed by atoms with E-state index >= 15 is 0 Å². The van der Waals surface area contributed by atoms with E-state index < -0.39 is 5.97 Å². The predicted molar refractivity (Wildman–Crippen MR) is 53.2 cm³/mol. The maximum atomic E-state index is 10.2. The molecule has 0 saturated heterocycles. The molecule has 0 heterocycles. The third-order valence-corrected chi connectivity index (χ3v) is 1.73. The Bertz CT molecular complexity index is 177. The maximum Gasteiger partial charge on any atom is 2.00 e. The van der Waals surface area contributed by atoms with Gasteiger partial charge in [-0.1, -0.05) is 18.6 Å². The van der Waals surface area contributed by atoms with Crippen molar-refractivity contribution in [1.29, 1.82) is 0 Å². The fraction of sp³-hybridized carbons (Fsp3) is 0.700. The molecule has 0 aliphatic carbocycles. The van der Waals surface area contributed by atoms with Gasteiger partial charge < -0.3 is 22.3 Å². The van der Waals surface area contributed by atoms with E-state index in [1.807, 2.05) is 20.8 Å². The van der Waals surface area contributed by atoms with E-state index in [1.54, 1.807) is 0 Å². The van der Waals surface area contributed by atoms with Gasteiger partial charge in [-0.3, -0.25) is 0 Å². The number of hydrogen-bond acceptors (Lipinski definition) is 2. The topological polar surface area (TPSA) is 40.1 Å². The van der Waals surface area contributed by atoms with Crippen LogP contribution in [-0.2, 0) is 4.79 Å². The van der Waals surface area contributed by atoms with Gasteiger partial charge in [0.15, 0.2) is 0 Å². The van der Waals surface area contributed by atoms with Gasteiger partial charge in [-0.2, -0.15) is 0 Å². The third kappa shape index (κ3) is 14.8. The van der Waals surface area contributed by atoms with E-state index in [0.29, 0.717) is 0 Å². The van der Waals surface area contributed by atoms with Crippen LogP contribution in [0.5, 0.6) is 0 Å². The predicted octanol–water partition coefficient (Wildman–Crippen LogP) is -1.87. The van der Waals surface area contributed by atoms with E-state index in [0.717, 1.165) is 12.8 Å². The summed E-state index contributed by atoms with van der Waals surface area (Å²) in [7, 11) is 0. The Hall–Kier alpha value is 0.266. The van der Waals surface area contributed by atoms with Crippen molar-refractivity contribution >= 4 is 29.0 Å². The minimum Gasteiger partial charge on any atom is -1.00 e. The molecule has 0 spiro atoms. The van der Waals surface area contributed by atoms with Crippen LogP contribution in [-0.4, -0.2) is 29.0 Å². The summed E-state index contributed by atoms with van der Waals surface area (Å²) >= 11 is 0. The molecule has 0 saturated carbocycles. The van der Waals surface area contributed by atoms with Crippen molar-refractivity contribution in [1.82, 2.24) is 0 Å². The minimum atomic E-state index is -0.945. The SMILES string of the molecule is CC(C)=CCCC(C)CC(=O)[O-].[Cl-].[Mg+2]. The number of carboxylic acids is 1. The molecule has 0 aliphatic heterocycles. The summed E-state index contributed by atoms with van der Waals surface area (Å²) in [5.41, 5.74) is 1.29. The van der Waals surface area contributed by atoms with Crippen LogP contribution >= 0.6 is 0 Å². The average molecular weight is 229 g/mol. The number of rotatable bonds is 5. The Labute approximate surface area is 109 Å². The number of carbonyl (C=O) groups excluding carboxylic acids is 1. The van der Waals surface area contributed by atoms with Crippen LogP contribution in [0.25, 0.3) is 0 Å². The molecule has 78 valence electrons. The van der Waals surface area contributed by atoms with Crippen molar-refractivity contribution < 1.29 is 22.3 Å². The number of aliphatic carboxylic acids is 1. The number of hydrogen-bond donors (Lipinski definition) is 0. The van der Waals surface area contributed by atoms with E-state index in [9.17, 15) is 9.90 Å². The molecule has 0 aromatic rings. The normalized spacial score (nSPS) is 10.5. The van der Waals surface area contributed by atoms with Gasteiger partial charge in [0, 0.05) is 5.97 Å². The molecular formula is C10H17ClMgO2. The van der Waals surface area contributed by atoms with Gasteiger partial charge in [0.2, 0.25) is 0 Å². The summed E-state index contributed by atoms with van der Waals surface area (Å²) < 4.78 is 0. The second kappa shape index (κ2) is 11.3. The third-order valence-electron chi connectivity index (χ3n) is 1.73. The first-order valence-corrected chi connectivity index (χ1v) is 4.35. The Morgan fingerprint density at radius 2 is 1.93 bits per heavy atom. The zero-order valence-electron chi connectivity index (χ0n) is 9.18. The summed E-state index contributed by atoms with van der Waals surface area (Å²) in [6.07, 6.45) is 4.21. The molecule has 0 bridgehead atoms. The number of halogens is 1. The molecule has 4 heteroatoms. The van der Waals surface area contributed by atoms with E-state index in [2.05, 4.69) is 6.08 Å². The fourth-order valence-corrected chi connectivity index (χ4v) is 1.04. The summed E-state index contributed by atoms with van der Waals surface area (Å²) in [6.45, 7) is 6.03. The summed E-state index contributed by atoms with van der Waals surface area (Å²) in [5.74, 6) is -0.717. The number of carboxylic acid groups (broad SMARTS) is 1. The van der Waals surface area contributed by atoms with Crippen LogP contribution in [0.3, 0.4) is 0 Å². The summed E-state index contributed by atoms with van der Waals surface area (Å²) in [6, 6.07) is 0. The van der Waals surface area contributed by atoms with Gasteiger partial charge in [-0.25, -0.2) is 0 Å².